The molecule has 10 heteroatoms. The quantitative estimate of drug-likeness (QED) is 0.580. The fourth-order valence-corrected chi connectivity index (χ4v) is 5.30. The minimum atomic E-state index is -3.30. The van der Waals surface area contributed by atoms with E-state index in [9.17, 15) is 16.8 Å². The average molecular weight is 399 g/mol. The maximum Gasteiger partial charge on any atom is 0.209 e. The van der Waals surface area contributed by atoms with E-state index in [0.29, 0.717) is 6.04 Å². The van der Waals surface area contributed by atoms with E-state index in [1.54, 1.807) is 0 Å². The molecule has 2 fully saturated rings. The first-order valence-corrected chi connectivity index (χ1v) is 12.3. The molecule has 0 spiro atoms. The van der Waals surface area contributed by atoms with Crippen molar-refractivity contribution in [2.24, 2.45) is 22.1 Å². The van der Waals surface area contributed by atoms with E-state index in [2.05, 4.69) is 24.1 Å². The molecule has 0 aromatic heterocycles. The van der Waals surface area contributed by atoms with Crippen molar-refractivity contribution in [1.82, 2.24) is 10.2 Å². The predicted molar refractivity (Wildman–Crippen MR) is 101 cm³/mol. The molecular weight excluding hydrogens is 364 g/mol. The molecular formula is C15H34N4O4S2. The lowest BCUT2D eigenvalue weighted by Gasteiger charge is -2.35. The number of piperidine rings is 2. The zero-order valence-corrected chi connectivity index (χ0v) is 17.0. The highest BCUT2D eigenvalue weighted by Gasteiger charge is 2.24. The Morgan fingerprint density at radius 3 is 2.04 bits per heavy atom. The summed E-state index contributed by atoms with van der Waals surface area (Å²) in [4.78, 5) is 2.32. The number of nitrogens with zero attached hydrogens (tertiary/aromatic N) is 1. The Morgan fingerprint density at radius 2 is 1.56 bits per heavy atom. The maximum absolute atomic E-state index is 10.9. The first-order valence-electron chi connectivity index (χ1n) is 8.92. The maximum atomic E-state index is 10.9. The van der Waals surface area contributed by atoms with Crippen molar-refractivity contribution in [3.05, 3.63) is 0 Å². The number of nitrogens with one attached hydrogen (secondary N) is 1. The summed E-state index contributed by atoms with van der Waals surface area (Å²) < 4.78 is 43.2. The molecule has 8 nitrogen and oxygen atoms in total. The first kappa shape index (κ1) is 22.8. The van der Waals surface area contributed by atoms with Crippen LogP contribution in [0.2, 0.25) is 0 Å². The van der Waals surface area contributed by atoms with E-state index in [1.165, 1.54) is 0 Å². The SMILES string of the molecule is CC(C)N1CCCC(CS(N)(=O)=O)C1.NS(=O)(=O)CC1CCCNC1. The standard InChI is InChI=1S/C9H20N2O2S.C6H14N2O2S/c1-8(2)11-5-3-4-9(6-11)7-14(10,12)13;7-11(9,10)5-6-2-1-3-8-4-6/h8-9H,3-7H2,1-2H3,(H2,10,12,13);6,8H,1-5H2,(H2,7,9,10). The van der Waals surface area contributed by atoms with E-state index < -0.39 is 20.0 Å². The van der Waals surface area contributed by atoms with Crippen LogP contribution in [0.1, 0.15) is 39.5 Å². The lowest BCUT2D eigenvalue weighted by Crippen LogP contribution is -2.42. The summed E-state index contributed by atoms with van der Waals surface area (Å²) in [5.41, 5.74) is 0. The van der Waals surface area contributed by atoms with E-state index in [4.69, 9.17) is 10.3 Å². The summed E-state index contributed by atoms with van der Waals surface area (Å²) in [6.07, 6.45) is 4.10. The van der Waals surface area contributed by atoms with Crippen LogP contribution in [-0.2, 0) is 20.0 Å². The Balaban J connectivity index is 0.000000257. The van der Waals surface area contributed by atoms with Crippen molar-refractivity contribution < 1.29 is 16.8 Å². The number of sulfonamides is 2. The molecule has 0 aromatic carbocycles. The van der Waals surface area contributed by atoms with Crippen molar-refractivity contribution in [2.45, 2.75) is 45.6 Å². The molecule has 2 rings (SSSR count). The number of likely N-dealkylation sites (tertiary alicyclic amines) is 1. The van der Waals surface area contributed by atoms with Gasteiger partial charge in [0.2, 0.25) is 20.0 Å². The topological polar surface area (TPSA) is 136 Å². The van der Waals surface area contributed by atoms with Crippen LogP contribution in [0, 0.1) is 11.8 Å². The summed E-state index contributed by atoms with van der Waals surface area (Å²) in [7, 11) is -6.56. The third-order valence-electron chi connectivity index (χ3n) is 4.62. The largest absolute Gasteiger partial charge is 0.316 e. The molecule has 0 aromatic rings. The summed E-state index contributed by atoms with van der Waals surface area (Å²) >= 11 is 0. The van der Waals surface area contributed by atoms with Gasteiger partial charge in [-0.15, -0.1) is 0 Å². The molecule has 2 saturated heterocycles. The number of nitrogens with two attached hydrogens (primary N) is 2. The molecule has 0 amide bonds. The Hall–Kier alpha value is -0.260. The van der Waals surface area contributed by atoms with Crippen LogP contribution < -0.4 is 15.6 Å². The fraction of sp³-hybridized carbons (Fsp3) is 1.00. The van der Waals surface area contributed by atoms with Crippen molar-refractivity contribution in [3.8, 4) is 0 Å². The molecule has 150 valence electrons. The molecule has 5 N–H and O–H groups in total. The van der Waals surface area contributed by atoms with E-state index in [-0.39, 0.29) is 23.3 Å². The molecule has 2 heterocycles. The van der Waals surface area contributed by atoms with Crippen molar-refractivity contribution >= 4 is 20.0 Å². The second-order valence-electron chi connectivity index (χ2n) is 7.47. The Labute approximate surface area is 152 Å². The lowest BCUT2D eigenvalue weighted by atomic mass is 9.99. The van der Waals surface area contributed by atoms with Gasteiger partial charge in [-0.2, -0.15) is 0 Å². The zero-order valence-electron chi connectivity index (χ0n) is 15.4. The Morgan fingerprint density at radius 1 is 1.00 bits per heavy atom. The second kappa shape index (κ2) is 10.2. The molecule has 25 heavy (non-hydrogen) atoms. The molecule has 2 aliphatic heterocycles. The van der Waals surface area contributed by atoms with Gasteiger partial charge in [0.25, 0.3) is 0 Å². The highest BCUT2D eigenvalue weighted by molar-refractivity contribution is 7.89. The monoisotopic (exact) mass is 398 g/mol. The van der Waals surface area contributed by atoms with Gasteiger partial charge in [0, 0.05) is 12.6 Å². The predicted octanol–water partition coefficient (Wildman–Crippen LogP) is -0.330. The van der Waals surface area contributed by atoms with Crippen LogP contribution in [0.25, 0.3) is 0 Å². The van der Waals surface area contributed by atoms with Crippen LogP contribution >= 0.6 is 0 Å². The van der Waals surface area contributed by atoms with Crippen molar-refractivity contribution in [3.63, 3.8) is 0 Å². The molecule has 2 unspecified atom stereocenters. The minimum Gasteiger partial charge on any atom is -0.316 e. The van der Waals surface area contributed by atoms with Crippen LogP contribution in [0.3, 0.4) is 0 Å². The average Bonchev–Trinajstić information content (AvgIpc) is 2.45. The van der Waals surface area contributed by atoms with Gasteiger partial charge in [-0.25, -0.2) is 27.1 Å². The van der Waals surface area contributed by atoms with Crippen molar-refractivity contribution in [2.75, 3.05) is 37.7 Å². The normalized spacial score (nSPS) is 26.1. The smallest absolute Gasteiger partial charge is 0.209 e. The highest BCUT2D eigenvalue weighted by atomic mass is 32.2. The molecule has 2 atom stereocenters. The number of hydrogen-bond acceptors (Lipinski definition) is 6. The van der Waals surface area contributed by atoms with Crippen LogP contribution in [-0.4, -0.2) is 65.5 Å². The third kappa shape index (κ3) is 11.1. The van der Waals surface area contributed by atoms with Crippen molar-refractivity contribution in [1.29, 1.82) is 0 Å². The van der Waals surface area contributed by atoms with Gasteiger partial charge >= 0.3 is 0 Å². The van der Waals surface area contributed by atoms with Crippen LogP contribution in [0.15, 0.2) is 0 Å². The number of hydrogen-bond donors (Lipinski definition) is 3. The van der Waals surface area contributed by atoms with Crippen LogP contribution in [0.5, 0.6) is 0 Å². The van der Waals surface area contributed by atoms with Crippen LogP contribution in [0.4, 0.5) is 0 Å². The fourth-order valence-electron chi connectivity index (χ4n) is 3.43. The number of rotatable bonds is 5. The highest BCUT2D eigenvalue weighted by Crippen LogP contribution is 2.19. The molecule has 0 aliphatic carbocycles. The Kier molecular flexibility index (Phi) is 9.27. The van der Waals surface area contributed by atoms with Gasteiger partial charge in [-0.05, 0) is 71.0 Å². The first-order chi connectivity index (χ1) is 11.5. The molecule has 0 bridgehead atoms. The van der Waals surface area contributed by atoms with Gasteiger partial charge in [0.15, 0.2) is 0 Å². The second-order valence-corrected chi connectivity index (χ2v) is 10.8. The van der Waals surface area contributed by atoms with Gasteiger partial charge in [0.05, 0.1) is 11.5 Å². The van der Waals surface area contributed by atoms with Gasteiger partial charge in [-0.1, -0.05) is 0 Å². The summed E-state index contributed by atoms with van der Waals surface area (Å²) in [5, 5.41) is 13.1. The number of primary sulfonamides is 2. The Bertz CT molecular complexity index is 587. The van der Waals surface area contributed by atoms with E-state index >= 15 is 0 Å². The molecule has 2 aliphatic rings. The summed E-state index contributed by atoms with van der Waals surface area (Å²) in [6.45, 7) is 8.02. The summed E-state index contributed by atoms with van der Waals surface area (Å²) in [5.74, 6) is 0.704. The minimum absolute atomic E-state index is 0.125. The zero-order chi connectivity index (χ0) is 19.1. The molecule has 0 radical (unpaired) electrons. The van der Waals surface area contributed by atoms with E-state index in [1.807, 2.05) is 0 Å². The van der Waals surface area contributed by atoms with Gasteiger partial charge < -0.3 is 10.2 Å². The molecule has 0 saturated carbocycles. The summed E-state index contributed by atoms with van der Waals surface area (Å²) in [6, 6.07) is 0.498. The van der Waals surface area contributed by atoms with Gasteiger partial charge in [-0.3, -0.25) is 0 Å². The van der Waals surface area contributed by atoms with E-state index in [0.717, 1.165) is 51.9 Å². The lowest BCUT2D eigenvalue weighted by molar-refractivity contribution is 0.148. The third-order valence-corrected chi connectivity index (χ3v) is 6.49. The van der Waals surface area contributed by atoms with Gasteiger partial charge in [0.1, 0.15) is 0 Å².